The minimum absolute atomic E-state index is 0.0735. The van der Waals surface area contributed by atoms with Gasteiger partial charge in [0, 0.05) is 24.7 Å². The molecule has 148 valence electrons. The topological polar surface area (TPSA) is 70.6 Å². The van der Waals surface area contributed by atoms with Crippen LogP contribution in [0.2, 0.25) is 5.02 Å². The summed E-state index contributed by atoms with van der Waals surface area (Å²) in [5.74, 6) is 2.84. The molecule has 1 amide bonds. The fraction of sp³-hybridized carbons (Fsp3) is 0.450. The van der Waals surface area contributed by atoms with Crippen LogP contribution in [0.4, 0.5) is 17.5 Å². The minimum Gasteiger partial charge on any atom is -0.493 e. The van der Waals surface area contributed by atoms with Crippen molar-refractivity contribution in [1.82, 2.24) is 9.97 Å². The van der Waals surface area contributed by atoms with Gasteiger partial charge >= 0.3 is 0 Å². The van der Waals surface area contributed by atoms with Crippen molar-refractivity contribution < 1.29 is 9.53 Å². The Morgan fingerprint density at radius 1 is 1.29 bits per heavy atom. The lowest BCUT2D eigenvalue weighted by molar-refractivity contribution is -0.117. The third-order valence-electron chi connectivity index (χ3n) is 5.26. The number of aromatic nitrogens is 2. The van der Waals surface area contributed by atoms with Crippen molar-refractivity contribution in [2.45, 2.75) is 25.8 Å². The van der Waals surface area contributed by atoms with Gasteiger partial charge < -0.3 is 19.9 Å². The second kappa shape index (κ2) is 7.83. The number of carbonyl (C=O) groups excluding carboxylic acids is 1. The van der Waals surface area contributed by atoms with Gasteiger partial charge in [-0.25, -0.2) is 4.98 Å². The smallest absolute Gasteiger partial charge is 0.246 e. The van der Waals surface area contributed by atoms with E-state index in [2.05, 4.69) is 15.3 Å². The summed E-state index contributed by atoms with van der Waals surface area (Å²) in [6.07, 6.45) is 3.77. The number of likely N-dealkylation sites (N-methyl/N-ethyl adjacent to an activating group) is 2. The van der Waals surface area contributed by atoms with Gasteiger partial charge in [-0.15, -0.1) is 0 Å². The van der Waals surface area contributed by atoms with Crippen molar-refractivity contribution in [1.29, 1.82) is 0 Å². The van der Waals surface area contributed by atoms with E-state index in [1.807, 2.05) is 43.1 Å². The fourth-order valence-electron chi connectivity index (χ4n) is 3.67. The first kappa shape index (κ1) is 18.8. The summed E-state index contributed by atoms with van der Waals surface area (Å²) in [6, 6.07) is 7.78. The van der Waals surface area contributed by atoms with E-state index in [9.17, 15) is 4.79 Å². The minimum atomic E-state index is 0.0735. The summed E-state index contributed by atoms with van der Waals surface area (Å²) in [4.78, 5) is 24.8. The number of anilines is 3. The number of hydrogen-bond acceptors (Lipinski definition) is 6. The Morgan fingerprint density at radius 2 is 2.04 bits per heavy atom. The fourth-order valence-corrected chi connectivity index (χ4v) is 3.79. The van der Waals surface area contributed by atoms with Crippen LogP contribution in [0.25, 0.3) is 0 Å². The molecule has 2 aliphatic rings. The molecular weight excluding hydrogens is 378 g/mol. The number of nitrogens with one attached hydrogen (secondary N) is 1. The first-order chi connectivity index (χ1) is 13.5. The van der Waals surface area contributed by atoms with Crippen LogP contribution >= 0.6 is 11.6 Å². The Kier molecular flexibility index (Phi) is 5.26. The summed E-state index contributed by atoms with van der Waals surface area (Å²) in [7, 11) is 1.88. The Bertz CT molecular complexity index is 854. The molecule has 0 unspecified atom stereocenters. The highest BCUT2D eigenvalue weighted by molar-refractivity contribution is 6.30. The van der Waals surface area contributed by atoms with Crippen molar-refractivity contribution in [2.24, 2.45) is 5.92 Å². The second-order valence-corrected chi connectivity index (χ2v) is 7.78. The van der Waals surface area contributed by atoms with Crippen LogP contribution in [0.5, 0.6) is 5.75 Å². The summed E-state index contributed by atoms with van der Waals surface area (Å²) in [5, 5.41) is 4.11. The monoisotopic (exact) mass is 401 g/mol. The first-order valence-corrected chi connectivity index (χ1v) is 9.94. The van der Waals surface area contributed by atoms with Gasteiger partial charge in [-0.2, -0.15) is 4.98 Å². The maximum Gasteiger partial charge on any atom is 0.246 e. The normalized spacial score (nSPS) is 21.2. The number of nitrogens with zero attached hydrogens (tertiary/aromatic N) is 4. The molecule has 1 aromatic carbocycles. The van der Waals surface area contributed by atoms with Gasteiger partial charge in [0.25, 0.3) is 0 Å². The molecule has 1 saturated carbocycles. The molecule has 2 heterocycles. The highest BCUT2D eigenvalue weighted by Crippen LogP contribution is 2.33. The molecule has 1 aliphatic carbocycles. The number of carbonyl (C=O) groups is 1. The van der Waals surface area contributed by atoms with Crippen LogP contribution in [0.1, 0.15) is 19.8 Å². The van der Waals surface area contributed by atoms with E-state index in [1.165, 1.54) is 0 Å². The van der Waals surface area contributed by atoms with Crippen molar-refractivity contribution >= 4 is 35.0 Å². The van der Waals surface area contributed by atoms with Crippen LogP contribution in [0.15, 0.2) is 30.5 Å². The number of ether oxygens (including phenoxy) is 1. The second-order valence-electron chi connectivity index (χ2n) is 7.34. The van der Waals surface area contributed by atoms with Gasteiger partial charge in [0.2, 0.25) is 11.9 Å². The van der Waals surface area contributed by atoms with E-state index in [-0.39, 0.29) is 5.91 Å². The molecule has 8 heteroatoms. The van der Waals surface area contributed by atoms with Gasteiger partial charge in [0.1, 0.15) is 11.4 Å². The number of rotatable bonds is 6. The van der Waals surface area contributed by atoms with Crippen molar-refractivity contribution in [3.63, 3.8) is 0 Å². The Balaban J connectivity index is 1.31. The SMILES string of the molecule is CCN1C(=O)CN(C)c2nc(NC3CC(COc4ccc(Cl)cc4)C3)ncc21. The summed E-state index contributed by atoms with van der Waals surface area (Å²) in [6.45, 7) is 3.61. The molecule has 0 spiro atoms. The lowest BCUT2D eigenvalue weighted by atomic mass is 9.81. The largest absolute Gasteiger partial charge is 0.493 e. The van der Waals surface area contributed by atoms with E-state index in [0.717, 1.165) is 30.1 Å². The number of benzene rings is 1. The van der Waals surface area contributed by atoms with Gasteiger partial charge in [-0.1, -0.05) is 11.6 Å². The van der Waals surface area contributed by atoms with Crippen molar-refractivity contribution in [3.8, 4) is 5.75 Å². The molecule has 1 aromatic heterocycles. The molecule has 4 rings (SSSR count). The van der Waals surface area contributed by atoms with E-state index in [0.29, 0.717) is 42.6 Å². The highest BCUT2D eigenvalue weighted by atomic mass is 35.5. The maximum absolute atomic E-state index is 12.1. The van der Waals surface area contributed by atoms with Crippen LogP contribution < -0.4 is 19.9 Å². The molecular formula is C20H24ClN5O2. The zero-order chi connectivity index (χ0) is 19.7. The number of hydrogen-bond donors (Lipinski definition) is 1. The summed E-state index contributed by atoms with van der Waals surface area (Å²) in [5.41, 5.74) is 0.773. The predicted octanol–water partition coefficient (Wildman–Crippen LogP) is 3.20. The molecule has 1 fully saturated rings. The first-order valence-electron chi connectivity index (χ1n) is 9.57. The molecule has 0 bridgehead atoms. The van der Waals surface area contributed by atoms with E-state index < -0.39 is 0 Å². The molecule has 28 heavy (non-hydrogen) atoms. The quantitative estimate of drug-likeness (QED) is 0.801. The van der Waals surface area contributed by atoms with E-state index in [4.69, 9.17) is 16.3 Å². The van der Waals surface area contributed by atoms with Crippen LogP contribution in [-0.4, -0.2) is 48.7 Å². The number of amides is 1. The Labute approximate surface area is 169 Å². The molecule has 0 saturated heterocycles. The number of fused-ring (bicyclic) bond motifs is 1. The maximum atomic E-state index is 12.1. The predicted molar refractivity (Wildman–Crippen MR) is 110 cm³/mol. The van der Waals surface area contributed by atoms with Gasteiger partial charge in [0.05, 0.1) is 19.3 Å². The van der Waals surface area contributed by atoms with Gasteiger partial charge in [-0.05, 0) is 49.9 Å². The third kappa shape index (κ3) is 3.85. The van der Waals surface area contributed by atoms with Crippen LogP contribution in [-0.2, 0) is 4.79 Å². The molecule has 2 aromatic rings. The molecule has 1 aliphatic heterocycles. The average molecular weight is 402 g/mol. The lowest BCUT2D eigenvalue weighted by Crippen LogP contribution is -2.45. The molecule has 0 radical (unpaired) electrons. The summed E-state index contributed by atoms with van der Waals surface area (Å²) >= 11 is 5.89. The van der Waals surface area contributed by atoms with Crippen molar-refractivity contribution in [3.05, 3.63) is 35.5 Å². The average Bonchev–Trinajstić information content (AvgIpc) is 2.65. The van der Waals surface area contributed by atoms with E-state index >= 15 is 0 Å². The van der Waals surface area contributed by atoms with E-state index in [1.54, 1.807) is 11.1 Å². The standard InChI is InChI=1S/C20H24ClN5O2/c1-3-26-17-10-22-20(24-19(17)25(2)11-18(26)27)23-15-8-13(9-15)12-28-16-6-4-14(21)5-7-16/h4-7,10,13,15H,3,8-9,11-12H2,1-2H3,(H,22,23,24). The lowest BCUT2D eigenvalue weighted by Gasteiger charge is -2.36. The Morgan fingerprint density at radius 3 is 2.75 bits per heavy atom. The molecule has 1 N–H and O–H groups in total. The molecule has 0 atom stereocenters. The molecule has 7 nitrogen and oxygen atoms in total. The number of halogens is 1. The van der Waals surface area contributed by atoms with Gasteiger partial charge in [-0.3, -0.25) is 4.79 Å². The van der Waals surface area contributed by atoms with Crippen LogP contribution in [0, 0.1) is 5.92 Å². The zero-order valence-electron chi connectivity index (χ0n) is 16.1. The highest BCUT2D eigenvalue weighted by Gasteiger charge is 2.32. The summed E-state index contributed by atoms with van der Waals surface area (Å²) < 4.78 is 5.82. The zero-order valence-corrected chi connectivity index (χ0v) is 16.8. The third-order valence-corrected chi connectivity index (χ3v) is 5.51. The van der Waals surface area contributed by atoms with Crippen LogP contribution in [0.3, 0.4) is 0 Å². The Hall–Kier alpha value is -2.54. The van der Waals surface area contributed by atoms with Crippen molar-refractivity contribution in [2.75, 3.05) is 41.9 Å². The van der Waals surface area contributed by atoms with Gasteiger partial charge in [0.15, 0.2) is 5.82 Å².